The van der Waals surface area contributed by atoms with Crippen LogP contribution in [0.3, 0.4) is 0 Å². The second-order valence-electron chi connectivity index (χ2n) is 4.92. The Bertz CT molecular complexity index is 594. The predicted octanol–water partition coefficient (Wildman–Crippen LogP) is 3.58. The summed E-state index contributed by atoms with van der Waals surface area (Å²) in [6, 6.07) is 8.22. The van der Waals surface area contributed by atoms with Gasteiger partial charge >= 0.3 is 0 Å². The number of rotatable bonds is 4. The fourth-order valence-electron chi connectivity index (χ4n) is 2.25. The lowest BCUT2D eigenvalue weighted by molar-refractivity contribution is 0.832. The summed E-state index contributed by atoms with van der Waals surface area (Å²) in [6.45, 7) is 6.22. The highest BCUT2D eigenvalue weighted by Gasteiger charge is 2.14. The van der Waals surface area contributed by atoms with Crippen molar-refractivity contribution in [1.29, 1.82) is 0 Å². The standard InChI is InChI=1S/C15H20N4S/c1-9(2)13-10(3)17-14(18-15(13)19-16)11-5-7-12(20-4)8-6-11/h5-9H,16H2,1-4H3,(H,17,18,19). The summed E-state index contributed by atoms with van der Waals surface area (Å²) in [5.41, 5.74) is 5.72. The van der Waals surface area contributed by atoms with Crippen LogP contribution < -0.4 is 11.3 Å². The zero-order chi connectivity index (χ0) is 14.7. The molecule has 2 aromatic rings. The van der Waals surface area contributed by atoms with Crippen LogP contribution in [-0.2, 0) is 0 Å². The normalized spacial score (nSPS) is 10.9. The number of nitrogens with two attached hydrogens (primary N) is 1. The first-order valence-electron chi connectivity index (χ1n) is 6.56. The van der Waals surface area contributed by atoms with Crippen molar-refractivity contribution in [2.45, 2.75) is 31.6 Å². The summed E-state index contributed by atoms with van der Waals surface area (Å²) in [4.78, 5) is 10.4. The Morgan fingerprint density at radius 1 is 1.15 bits per heavy atom. The Kier molecular flexibility index (Phi) is 4.62. The highest BCUT2D eigenvalue weighted by molar-refractivity contribution is 7.98. The topological polar surface area (TPSA) is 63.8 Å². The maximum Gasteiger partial charge on any atom is 0.161 e. The predicted molar refractivity (Wildman–Crippen MR) is 85.9 cm³/mol. The van der Waals surface area contributed by atoms with Crippen molar-refractivity contribution < 1.29 is 0 Å². The van der Waals surface area contributed by atoms with Crippen LogP contribution >= 0.6 is 11.8 Å². The van der Waals surface area contributed by atoms with Gasteiger partial charge in [0, 0.05) is 21.7 Å². The number of aryl methyl sites for hydroxylation is 1. The highest BCUT2D eigenvalue weighted by atomic mass is 32.2. The van der Waals surface area contributed by atoms with E-state index in [9.17, 15) is 0 Å². The summed E-state index contributed by atoms with van der Waals surface area (Å²) in [7, 11) is 0. The Balaban J connectivity index is 2.49. The first-order chi connectivity index (χ1) is 9.56. The molecule has 3 N–H and O–H groups in total. The smallest absolute Gasteiger partial charge is 0.161 e. The third-order valence-electron chi connectivity index (χ3n) is 3.20. The second-order valence-corrected chi connectivity index (χ2v) is 5.80. The number of hydrazine groups is 1. The Labute approximate surface area is 124 Å². The van der Waals surface area contributed by atoms with E-state index in [-0.39, 0.29) is 0 Å². The molecular weight excluding hydrogens is 268 g/mol. The highest BCUT2D eigenvalue weighted by Crippen LogP contribution is 2.28. The molecule has 0 radical (unpaired) electrons. The number of anilines is 1. The van der Waals surface area contributed by atoms with E-state index in [1.54, 1.807) is 11.8 Å². The van der Waals surface area contributed by atoms with Crippen LogP contribution in [0.2, 0.25) is 0 Å². The Morgan fingerprint density at radius 3 is 2.30 bits per heavy atom. The van der Waals surface area contributed by atoms with Crippen molar-refractivity contribution in [2.24, 2.45) is 5.84 Å². The average Bonchev–Trinajstić information content (AvgIpc) is 2.46. The van der Waals surface area contributed by atoms with Gasteiger partial charge in [-0.3, -0.25) is 0 Å². The fourth-order valence-corrected chi connectivity index (χ4v) is 2.66. The van der Waals surface area contributed by atoms with Crippen molar-refractivity contribution in [3.05, 3.63) is 35.5 Å². The van der Waals surface area contributed by atoms with Crippen LogP contribution in [0.25, 0.3) is 11.4 Å². The van der Waals surface area contributed by atoms with Gasteiger partial charge < -0.3 is 5.43 Å². The molecule has 106 valence electrons. The molecule has 0 spiro atoms. The summed E-state index contributed by atoms with van der Waals surface area (Å²) < 4.78 is 0. The van der Waals surface area contributed by atoms with E-state index in [0.29, 0.717) is 17.6 Å². The first-order valence-corrected chi connectivity index (χ1v) is 7.78. The molecule has 1 aromatic carbocycles. The maximum atomic E-state index is 5.61. The molecular formula is C15H20N4S. The molecule has 5 heteroatoms. The van der Waals surface area contributed by atoms with Gasteiger partial charge in [0.05, 0.1) is 0 Å². The van der Waals surface area contributed by atoms with Crippen LogP contribution in [0.4, 0.5) is 5.82 Å². The molecule has 1 aromatic heterocycles. The molecule has 0 saturated carbocycles. The SMILES string of the molecule is CSc1ccc(-c2nc(C)c(C(C)C)c(NN)n2)cc1. The van der Waals surface area contributed by atoms with Crippen LogP contribution in [0.15, 0.2) is 29.2 Å². The third kappa shape index (κ3) is 2.94. The molecule has 0 fully saturated rings. The van der Waals surface area contributed by atoms with Gasteiger partial charge in [-0.2, -0.15) is 0 Å². The number of thioether (sulfide) groups is 1. The number of nitrogen functional groups attached to an aromatic ring is 1. The van der Waals surface area contributed by atoms with Gasteiger partial charge in [-0.25, -0.2) is 15.8 Å². The van der Waals surface area contributed by atoms with Gasteiger partial charge in [-0.05, 0) is 31.2 Å². The number of benzene rings is 1. The van der Waals surface area contributed by atoms with Gasteiger partial charge in [0.2, 0.25) is 0 Å². The number of nitrogens with one attached hydrogen (secondary N) is 1. The lowest BCUT2D eigenvalue weighted by Crippen LogP contribution is -2.14. The molecule has 0 aliphatic rings. The molecule has 0 bridgehead atoms. The van der Waals surface area contributed by atoms with Gasteiger partial charge in [0.1, 0.15) is 5.82 Å². The third-order valence-corrected chi connectivity index (χ3v) is 3.94. The molecule has 0 amide bonds. The lowest BCUT2D eigenvalue weighted by Gasteiger charge is -2.15. The molecule has 0 saturated heterocycles. The van der Waals surface area contributed by atoms with Gasteiger partial charge in [-0.1, -0.05) is 26.0 Å². The van der Waals surface area contributed by atoms with Crippen molar-refractivity contribution in [2.75, 3.05) is 11.7 Å². The van der Waals surface area contributed by atoms with Crippen LogP contribution in [0.1, 0.15) is 31.0 Å². The zero-order valence-corrected chi connectivity index (χ0v) is 13.1. The minimum atomic E-state index is 0.328. The molecule has 20 heavy (non-hydrogen) atoms. The molecule has 0 atom stereocenters. The zero-order valence-electron chi connectivity index (χ0n) is 12.3. The molecule has 0 aliphatic heterocycles. The number of hydrogen-bond acceptors (Lipinski definition) is 5. The van der Waals surface area contributed by atoms with Crippen LogP contribution in [-0.4, -0.2) is 16.2 Å². The minimum Gasteiger partial charge on any atom is -0.308 e. The number of hydrogen-bond donors (Lipinski definition) is 2. The number of aromatic nitrogens is 2. The van der Waals surface area contributed by atoms with Gasteiger partial charge in [0.25, 0.3) is 0 Å². The monoisotopic (exact) mass is 288 g/mol. The number of nitrogens with zero attached hydrogens (tertiary/aromatic N) is 2. The van der Waals surface area contributed by atoms with Crippen molar-refractivity contribution in [3.8, 4) is 11.4 Å². The first kappa shape index (κ1) is 14.8. The Morgan fingerprint density at radius 2 is 1.80 bits per heavy atom. The van der Waals surface area contributed by atoms with Crippen LogP contribution in [0.5, 0.6) is 0 Å². The summed E-state index contributed by atoms with van der Waals surface area (Å²) in [6.07, 6.45) is 2.06. The van der Waals surface area contributed by atoms with E-state index in [2.05, 4.69) is 47.6 Å². The van der Waals surface area contributed by atoms with E-state index in [0.717, 1.165) is 16.8 Å². The van der Waals surface area contributed by atoms with Crippen molar-refractivity contribution in [1.82, 2.24) is 9.97 Å². The van der Waals surface area contributed by atoms with E-state index in [4.69, 9.17) is 5.84 Å². The molecule has 0 unspecified atom stereocenters. The lowest BCUT2D eigenvalue weighted by atomic mass is 10.0. The molecule has 4 nitrogen and oxygen atoms in total. The maximum absolute atomic E-state index is 5.61. The minimum absolute atomic E-state index is 0.328. The fraction of sp³-hybridized carbons (Fsp3) is 0.333. The average molecular weight is 288 g/mol. The molecule has 1 heterocycles. The second kappa shape index (κ2) is 6.24. The van der Waals surface area contributed by atoms with Crippen molar-refractivity contribution in [3.63, 3.8) is 0 Å². The summed E-state index contributed by atoms with van der Waals surface area (Å²) >= 11 is 1.72. The molecule has 0 aliphatic carbocycles. The summed E-state index contributed by atoms with van der Waals surface area (Å²) in [5, 5.41) is 0. The van der Waals surface area contributed by atoms with Gasteiger partial charge in [0.15, 0.2) is 5.82 Å². The van der Waals surface area contributed by atoms with Gasteiger partial charge in [-0.15, -0.1) is 11.8 Å². The Hall–Kier alpha value is -1.59. The summed E-state index contributed by atoms with van der Waals surface area (Å²) in [5.74, 6) is 7.34. The van der Waals surface area contributed by atoms with Crippen molar-refractivity contribution >= 4 is 17.6 Å². The van der Waals surface area contributed by atoms with Crippen LogP contribution in [0, 0.1) is 6.92 Å². The van der Waals surface area contributed by atoms with E-state index in [1.807, 2.05) is 19.1 Å². The van der Waals surface area contributed by atoms with E-state index < -0.39 is 0 Å². The molecule has 2 rings (SSSR count). The van der Waals surface area contributed by atoms with E-state index in [1.165, 1.54) is 4.90 Å². The largest absolute Gasteiger partial charge is 0.308 e. The quantitative estimate of drug-likeness (QED) is 0.511. The van der Waals surface area contributed by atoms with E-state index >= 15 is 0 Å².